The smallest absolute Gasteiger partial charge is 0.346 e. The molecule has 0 aromatic rings. The predicted molar refractivity (Wildman–Crippen MR) is 52.1 cm³/mol. The van der Waals surface area contributed by atoms with Crippen LogP contribution in [0.3, 0.4) is 0 Å². The van der Waals surface area contributed by atoms with Gasteiger partial charge in [0.25, 0.3) is 0 Å². The van der Waals surface area contributed by atoms with Crippen LogP contribution in [0.5, 0.6) is 0 Å². The van der Waals surface area contributed by atoms with Crippen LogP contribution in [0, 0.1) is 0 Å². The Balaban J connectivity index is 2.48. The van der Waals surface area contributed by atoms with E-state index in [0.717, 1.165) is 6.08 Å². The highest BCUT2D eigenvalue weighted by Gasteiger charge is 2.35. The van der Waals surface area contributed by atoms with E-state index in [9.17, 15) is 19.2 Å². The van der Waals surface area contributed by atoms with Crippen LogP contribution in [0.4, 0.5) is 0 Å². The first kappa shape index (κ1) is 11.0. The van der Waals surface area contributed by atoms with Gasteiger partial charge < -0.3 is 9.47 Å². The maximum atomic E-state index is 11.3. The predicted octanol–water partition coefficient (Wildman–Crippen LogP) is -0.0477. The van der Waals surface area contributed by atoms with E-state index in [1.165, 1.54) is 6.92 Å². The molecular formula is C11H6O6. The van der Waals surface area contributed by atoms with Gasteiger partial charge in [0.2, 0.25) is 0 Å². The van der Waals surface area contributed by atoms with Crippen molar-refractivity contribution in [1.29, 1.82) is 0 Å². The number of hydrogen-bond acceptors (Lipinski definition) is 6. The lowest BCUT2D eigenvalue weighted by Gasteiger charge is -1.92. The van der Waals surface area contributed by atoms with Crippen LogP contribution in [0.15, 0.2) is 34.9 Å². The van der Waals surface area contributed by atoms with E-state index in [-0.39, 0.29) is 22.3 Å². The Morgan fingerprint density at radius 1 is 0.941 bits per heavy atom. The Hall–Kier alpha value is -2.50. The lowest BCUT2D eigenvalue weighted by atomic mass is 10.0. The molecule has 0 aromatic carbocycles. The Labute approximate surface area is 95.2 Å². The third-order valence-electron chi connectivity index (χ3n) is 2.38. The molecule has 2 rings (SSSR count). The van der Waals surface area contributed by atoms with E-state index >= 15 is 0 Å². The minimum absolute atomic E-state index is 0.0715. The fourth-order valence-electron chi connectivity index (χ4n) is 1.37. The molecule has 17 heavy (non-hydrogen) atoms. The molecule has 0 radical (unpaired) electrons. The van der Waals surface area contributed by atoms with Gasteiger partial charge in [0.1, 0.15) is 0 Å². The van der Waals surface area contributed by atoms with Crippen molar-refractivity contribution in [2.75, 3.05) is 0 Å². The maximum absolute atomic E-state index is 11.3. The second-order valence-electron chi connectivity index (χ2n) is 3.43. The molecule has 6 heteroatoms. The van der Waals surface area contributed by atoms with Crippen molar-refractivity contribution in [2.24, 2.45) is 0 Å². The fraction of sp³-hybridized carbons (Fsp3) is 0.0909. The molecule has 0 aliphatic carbocycles. The lowest BCUT2D eigenvalue weighted by Crippen LogP contribution is -2.02. The molecule has 6 nitrogen and oxygen atoms in total. The number of ether oxygens (including phenoxy) is 2. The number of rotatable bonds is 1. The average molecular weight is 234 g/mol. The van der Waals surface area contributed by atoms with Crippen molar-refractivity contribution in [3.63, 3.8) is 0 Å². The van der Waals surface area contributed by atoms with E-state index in [4.69, 9.17) is 0 Å². The van der Waals surface area contributed by atoms with Crippen LogP contribution >= 0.6 is 0 Å². The van der Waals surface area contributed by atoms with Crippen molar-refractivity contribution in [1.82, 2.24) is 0 Å². The third-order valence-corrected chi connectivity index (χ3v) is 2.38. The molecule has 0 atom stereocenters. The first-order valence-electron chi connectivity index (χ1n) is 4.56. The molecular weight excluding hydrogens is 228 g/mol. The molecule has 86 valence electrons. The van der Waals surface area contributed by atoms with Crippen LogP contribution in [-0.4, -0.2) is 23.9 Å². The Kier molecular flexibility index (Phi) is 2.27. The second kappa shape index (κ2) is 3.51. The molecule has 0 N–H and O–H groups in total. The summed E-state index contributed by atoms with van der Waals surface area (Å²) in [7, 11) is 0. The van der Waals surface area contributed by atoms with Gasteiger partial charge in [0, 0.05) is 5.57 Å². The summed E-state index contributed by atoms with van der Waals surface area (Å²) in [5, 5.41) is 0. The molecule has 0 saturated carbocycles. The van der Waals surface area contributed by atoms with E-state index in [1.807, 2.05) is 0 Å². The van der Waals surface area contributed by atoms with Gasteiger partial charge in [0.15, 0.2) is 0 Å². The lowest BCUT2D eigenvalue weighted by molar-refractivity contribution is -0.152. The van der Waals surface area contributed by atoms with Gasteiger partial charge in [-0.3, -0.25) is 0 Å². The maximum Gasteiger partial charge on any atom is 0.346 e. The molecule has 2 heterocycles. The monoisotopic (exact) mass is 234 g/mol. The summed E-state index contributed by atoms with van der Waals surface area (Å²) in [5.74, 6) is -3.39. The molecule has 0 aromatic heterocycles. The summed E-state index contributed by atoms with van der Waals surface area (Å²) in [6, 6.07) is 0. The molecule has 1 saturated heterocycles. The highest BCUT2D eigenvalue weighted by Crippen LogP contribution is 2.25. The van der Waals surface area contributed by atoms with Crippen LogP contribution < -0.4 is 0 Å². The molecule has 0 amide bonds. The molecule has 2 aliphatic rings. The zero-order chi connectivity index (χ0) is 12.7. The van der Waals surface area contributed by atoms with Gasteiger partial charge in [-0.1, -0.05) is 6.58 Å². The van der Waals surface area contributed by atoms with Crippen molar-refractivity contribution >= 4 is 23.9 Å². The molecule has 0 spiro atoms. The SMILES string of the molecule is C=C1C(=O)OC(=O)/C1=C/C1=C(C)C(=O)OC1=O. The van der Waals surface area contributed by atoms with Gasteiger partial charge in [-0.05, 0) is 13.0 Å². The fourth-order valence-corrected chi connectivity index (χ4v) is 1.37. The van der Waals surface area contributed by atoms with E-state index < -0.39 is 23.9 Å². The largest absolute Gasteiger partial charge is 0.386 e. The highest BCUT2D eigenvalue weighted by molar-refractivity contribution is 6.20. The Bertz CT molecular complexity index is 561. The van der Waals surface area contributed by atoms with Gasteiger partial charge in [-0.15, -0.1) is 0 Å². The Morgan fingerprint density at radius 3 is 1.94 bits per heavy atom. The van der Waals surface area contributed by atoms with Crippen LogP contribution in [0.1, 0.15) is 6.92 Å². The first-order valence-corrected chi connectivity index (χ1v) is 4.56. The van der Waals surface area contributed by atoms with Crippen molar-refractivity contribution in [2.45, 2.75) is 6.92 Å². The first-order chi connectivity index (χ1) is 7.91. The second-order valence-corrected chi connectivity index (χ2v) is 3.43. The summed E-state index contributed by atoms with van der Waals surface area (Å²) >= 11 is 0. The molecule has 0 unspecified atom stereocenters. The number of hydrogen-bond donors (Lipinski definition) is 0. The summed E-state index contributed by atoms with van der Waals surface area (Å²) in [5.41, 5.74) is -0.293. The summed E-state index contributed by atoms with van der Waals surface area (Å²) in [4.78, 5) is 44.6. The van der Waals surface area contributed by atoms with E-state index in [0.29, 0.717) is 0 Å². The normalized spacial score (nSPS) is 22.6. The quantitative estimate of drug-likeness (QED) is 0.359. The summed E-state index contributed by atoms with van der Waals surface area (Å²) in [6.07, 6.45) is 1.08. The minimum Gasteiger partial charge on any atom is -0.386 e. The molecule has 1 fully saturated rings. The zero-order valence-corrected chi connectivity index (χ0v) is 8.73. The van der Waals surface area contributed by atoms with Crippen LogP contribution in [-0.2, 0) is 28.7 Å². The number of carbonyl (C=O) groups excluding carboxylic acids is 4. The van der Waals surface area contributed by atoms with Gasteiger partial charge in [0.05, 0.1) is 16.7 Å². The zero-order valence-electron chi connectivity index (χ0n) is 8.73. The highest BCUT2D eigenvalue weighted by atomic mass is 16.6. The van der Waals surface area contributed by atoms with Crippen molar-refractivity contribution in [3.8, 4) is 0 Å². The van der Waals surface area contributed by atoms with Gasteiger partial charge in [-0.2, -0.15) is 0 Å². The van der Waals surface area contributed by atoms with Gasteiger partial charge >= 0.3 is 23.9 Å². The summed E-state index contributed by atoms with van der Waals surface area (Å²) < 4.78 is 8.62. The summed E-state index contributed by atoms with van der Waals surface area (Å²) in [6.45, 7) is 4.73. The number of cyclic esters (lactones) is 4. The molecule has 2 aliphatic heterocycles. The number of esters is 4. The number of carbonyl (C=O) groups is 4. The van der Waals surface area contributed by atoms with E-state index in [1.54, 1.807) is 0 Å². The molecule has 0 bridgehead atoms. The topological polar surface area (TPSA) is 86.7 Å². The van der Waals surface area contributed by atoms with Crippen molar-refractivity contribution in [3.05, 3.63) is 34.9 Å². The standard InChI is InChI=1S/C11H6O6/c1-4-6(10(14)16-8(4)12)3-7-5(2)9(13)17-11(7)15/h3H,1H2,2H3/b6-3+. The van der Waals surface area contributed by atoms with E-state index in [2.05, 4.69) is 16.1 Å². The van der Waals surface area contributed by atoms with Gasteiger partial charge in [-0.25, -0.2) is 19.2 Å². The average Bonchev–Trinajstić information content (AvgIpc) is 2.62. The van der Waals surface area contributed by atoms with Crippen LogP contribution in [0.2, 0.25) is 0 Å². The third kappa shape index (κ3) is 1.59. The van der Waals surface area contributed by atoms with Crippen molar-refractivity contribution < 1.29 is 28.7 Å². The minimum atomic E-state index is -0.896. The van der Waals surface area contributed by atoms with Crippen LogP contribution in [0.25, 0.3) is 0 Å². The Morgan fingerprint density at radius 2 is 1.53 bits per heavy atom.